The van der Waals surface area contributed by atoms with Crippen LogP contribution in [0.25, 0.3) is 0 Å². The van der Waals surface area contributed by atoms with Gasteiger partial charge in [0.05, 0.1) is 46.2 Å². The van der Waals surface area contributed by atoms with Crippen LogP contribution in [0.4, 0.5) is 0 Å². The summed E-state index contributed by atoms with van der Waals surface area (Å²) in [6.07, 6.45) is -70.7. The zero-order valence-electron chi connectivity index (χ0n) is 43.2. The zero-order valence-corrected chi connectivity index (χ0v) is 43.2. The fourth-order valence-corrected chi connectivity index (χ4v) is 10.7. The molecule has 0 amide bonds. The summed E-state index contributed by atoms with van der Waals surface area (Å²) < 4.78 is 85.8. The molecule has 0 saturated carbocycles. The van der Waals surface area contributed by atoms with Gasteiger partial charge in [0, 0.05) is 0 Å². The molecule has 21 rings (SSSR count). The first-order valence-corrected chi connectivity index (χ1v) is 26.0. The van der Waals surface area contributed by atoms with Crippen LogP contribution in [-0.2, 0) is 71.1 Å². The molecule has 0 aromatic heterocycles. The van der Waals surface area contributed by atoms with Crippen LogP contribution in [0.1, 0.15) is 13.8 Å². The lowest BCUT2D eigenvalue weighted by molar-refractivity contribution is -0.398. The average Bonchev–Trinajstić information content (AvgIpc) is 3.48. The van der Waals surface area contributed by atoms with Gasteiger partial charge < -0.3 is 178 Å². The van der Waals surface area contributed by atoms with Crippen LogP contribution in [0.15, 0.2) is 0 Å². The predicted octanol–water partition coefficient (Wildman–Crippen LogP) is -14.5. The van der Waals surface area contributed by atoms with Gasteiger partial charge in [0.25, 0.3) is 0 Å². The monoisotopic (exact) mass is 1190 g/mol. The van der Waals surface area contributed by atoms with Gasteiger partial charge in [0.2, 0.25) is 0 Å². The molecule has 0 unspecified atom stereocenters. The maximum atomic E-state index is 11.6. The Morgan fingerprint density at radius 3 is 0.543 bits per heavy atom. The van der Waals surface area contributed by atoms with Gasteiger partial charge in [0.15, 0.2) is 49.8 Å². The summed E-state index contributed by atoms with van der Waals surface area (Å²) >= 11 is 0. The van der Waals surface area contributed by atoms with Crippen LogP contribution in [-0.4, -0.2) is 374 Å². The number of hydrogen-bond acceptors (Lipinski definition) is 36. The first kappa shape index (κ1) is 65.5. The lowest BCUT2D eigenvalue weighted by atomic mass is 9.95. The number of hydrogen-bond donors (Lipinski definition) is 21. The molecule has 21 aliphatic heterocycles. The standard InChI is InChI=1S/C45H76O36/c1-45(2,66)67-9-16-37-23(58)30(65)44(74-16)80-36-15(8-51)72-42(28(63)21(36)56)78-34-13(6-49)70-40(26(61)19(34)54)76-32-11(4-47)68-38(24(59)17(32)52)75-31-10(3-46)69-39(25(60)18(31)53)77-33-12(5-48)71-41(27(62)20(33)55)79-35-14(7-50)73-43(81-37)29(64)22(35)57/h10-44,46-66H,3-9H2,1-2H3/t10-,11-,12-,13-,14-,15-,16-,17-,18-,19-,20-,21-,22-,23-,24-,25-,26-,27-,28-,29-,30-,31-,32-,33-,34-,35-,36-,37-,38-,39-,40-,41-,42-,43-,44-/m1/s1. The molecule has 81 heavy (non-hydrogen) atoms. The van der Waals surface area contributed by atoms with E-state index in [9.17, 15) is 107 Å². The van der Waals surface area contributed by atoms with Gasteiger partial charge in [-0.2, -0.15) is 0 Å². The second-order valence-electron chi connectivity index (χ2n) is 21.2. The fraction of sp³-hybridized carbons (Fsp3) is 1.00. The molecule has 21 aliphatic rings. The van der Waals surface area contributed by atoms with Crippen LogP contribution in [0.3, 0.4) is 0 Å². The topological polar surface area (TPSA) is 563 Å². The highest BCUT2D eigenvalue weighted by Gasteiger charge is 2.59. The van der Waals surface area contributed by atoms with Crippen molar-refractivity contribution in [2.24, 2.45) is 0 Å². The molecular weight excluding hydrogens is 1120 g/mol. The molecule has 35 atom stereocenters. The lowest BCUT2D eigenvalue weighted by Gasteiger charge is -2.50. The molecule has 0 radical (unpaired) electrons. The first-order valence-electron chi connectivity index (χ1n) is 26.0. The van der Waals surface area contributed by atoms with Gasteiger partial charge in [-0.3, -0.25) is 0 Å². The van der Waals surface area contributed by atoms with Crippen LogP contribution in [0, 0.1) is 0 Å². The second-order valence-corrected chi connectivity index (χ2v) is 21.2. The highest BCUT2D eigenvalue weighted by atomic mass is 16.8. The van der Waals surface area contributed by atoms with Crippen molar-refractivity contribution in [3.05, 3.63) is 0 Å². The smallest absolute Gasteiger partial charge is 0.187 e. The highest BCUT2D eigenvalue weighted by Crippen LogP contribution is 2.39. The summed E-state index contributed by atoms with van der Waals surface area (Å²) in [5, 5.41) is 232. The summed E-state index contributed by atoms with van der Waals surface area (Å²) in [4.78, 5) is 0. The maximum Gasteiger partial charge on any atom is 0.187 e. The quantitative estimate of drug-likeness (QED) is 0.0953. The molecule has 0 aliphatic carbocycles. The SMILES string of the molecule is CC(C)(O)OC[C@H]1O[C@@H]2O[C@H]3[C@H](O)[C@@H](O)[C@@H](O[C@H]4[C@H](O)[C@@H](O)[C@@H](O[C@H]5[C@H](O)[C@@H](O)[C@@H](O[C@H]6[C@H](O)[C@@H](O)[C@@H](O[C@H]7[C@H](O)[C@@H](O)[C@@H](O[C@H]8[C@H](O)[C@@H](O)[C@@H](O[C@H]1[C@H](O)[C@H]2O)O[C@@H]8CO)O[C@@H]7CO)O[C@@H]6CO)O[C@@H]5CO)O[C@@H]4CO)O[C@@H]3CO. The van der Waals surface area contributed by atoms with E-state index in [-0.39, 0.29) is 0 Å². The molecule has 0 aromatic rings. The molecule has 21 heterocycles. The Bertz CT molecular complexity index is 1930. The molecule has 472 valence electrons. The molecule has 21 saturated heterocycles. The van der Waals surface area contributed by atoms with E-state index >= 15 is 0 Å². The van der Waals surface area contributed by atoms with Gasteiger partial charge in [0.1, 0.15) is 171 Å². The minimum Gasteiger partial charge on any atom is -0.394 e. The fourth-order valence-electron chi connectivity index (χ4n) is 10.7. The maximum absolute atomic E-state index is 11.6. The molecule has 21 N–H and O–H groups in total. The van der Waals surface area contributed by atoms with E-state index in [1.165, 1.54) is 13.8 Å². The number of rotatable bonds is 9. The number of aliphatic hydroxyl groups excluding tert-OH is 20. The van der Waals surface area contributed by atoms with Crippen LogP contribution < -0.4 is 0 Å². The van der Waals surface area contributed by atoms with Gasteiger partial charge in [-0.1, -0.05) is 0 Å². The van der Waals surface area contributed by atoms with Crippen molar-refractivity contribution in [3.8, 4) is 0 Å². The molecule has 0 spiro atoms. The van der Waals surface area contributed by atoms with Crippen molar-refractivity contribution in [3.63, 3.8) is 0 Å². The van der Waals surface area contributed by atoms with E-state index in [1.54, 1.807) is 0 Å². The average molecular weight is 1190 g/mol. The minimum absolute atomic E-state index is 0.738. The molecular formula is C45H76O36. The van der Waals surface area contributed by atoms with Gasteiger partial charge in [-0.15, -0.1) is 0 Å². The van der Waals surface area contributed by atoms with Gasteiger partial charge in [-0.25, -0.2) is 0 Å². The molecule has 14 bridgehead atoms. The predicted molar refractivity (Wildman–Crippen MR) is 244 cm³/mol. The van der Waals surface area contributed by atoms with Crippen molar-refractivity contribution >= 4 is 0 Å². The van der Waals surface area contributed by atoms with Gasteiger partial charge in [-0.05, 0) is 13.8 Å². The van der Waals surface area contributed by atoms with Crippen molar-refractivity contribution in [2.75, 3.05) is 46.2 Å². The van der Waals surface area contributed by atoms with E-state index in [0.29, 0.717) is 0 Å². The lowest BCUT2D eigenvalue weighted by Crippen LogP contribution is -2.68. The zero-order chi connectivity index (χ0) is 59.3. The van der Waals surface area contributed by atoms with Crippen LogP contribution in [0.2, 0.25) is 0 Å². The molecule has 0 aromatic carbocycles. The van der Waals surface area contributed by atoms with Crippen molar-refractivity contribution in [2.45, 2.75) is 235 Å². The van der Waals surface area contributed by atoms with Crippen molar-refractivity contribution < 1.29 is 178 Å². The molecule has 36 nitrogen and oxygen atoms in total. The number of ether oxygens (including phenoxy) is 15. The largest absolute Gasteiger partial charge is 0.394 e. The summed E-state index contributed by atoms with van der Waals surface area (Å²) in [6.45, 7) is -4.67. The second kappa shape index (κ2) is 27.3. The first-order chi connectivity index (χ1) is 38.3. The Morgan fingerprint density at radius 1 is 0.247 bits per heavy atom. The molecule has 21 fully saturated rings. The van der Waals surface area contributed by atoms with E-state index in [0.717, 1.165) is 0 Å². The van der Waals surface area contributed by atoms with Crippen molar-refractivity contribution in [1.29, 1.82) is 0 Å². The highest BCUT2D eigenvalue weighted by molar-refractivity contribution is 5.02. The Labute approximate surface area is 458 Å². The third-order valence-electron chi connectivity index (χ3n) is 15.2. The van der Waals surface area contributed by atoms with E-state index in [1.807, 2.05) is 0 Å². The Kier molecular flexibility index (Phi) is 22.1. The third kappa shape index (κ3) is 13.5. The van der Waals surface area contributed by atoms with E-state index < -0.39 is 267 Å². The van der Waals surface area contributed by atoms with Gasteiger partial charge >= 0.3 is 0 Å². The normalized spacial score (nSPS) is 53.4. The van der Waals surface area contributed by atoms with Crippen LogP contribution in [0.5, 0.6) is 0 Å². The summed E-state index contributed by atoms with van der Waals surface area (Å²) in [7, 11) is 0. The Morgan fingerprint density at radius 2 is 0.395 bits per heavy atom. The Hall–Kier alpha value is -1.44. The summed E-state index contributed by atoms with van der Waals surface area (Å²) in [6, 6.07) is 0. The third-order valence-corrected chi connectivity index (χ3v) is 15.2. The number of aliphatic hydroxyl groups is 21. The summed E-state index contributed by atoms with van der Waals surface area (Å²) in [5.74, 6) is -1.93. The summed E-state index contributed by atoms with van der Waals surface area (Å²) in [5.41, 5.74) is 0. The Balaban J connectivity index is 1.10. The van der Waals surface area contributed by atoms with Crippen LogP contribution >= 0.6 is 0 Å². The van der Waals surface area contributed by atoms with E-state index in [4.69, 9.17) is 71.1 Å². The minimum atomic E-state index is -2.23. The van der Waals surface area contributed by atoms with Crippen molar-refractivity contribution in [1.82, 2.24) is 0 Å². The van der Waals surface area contributed by atoms with E-state index in [2.05, 4.69) is 0 Å². The molecule has 36 heteroatoms.